The Balaban J connectivity index is 2.09. The Bertz CT molecular complexity index is 744. The summed E-state index contributed by atoms with van der Waals surface area (Å²) in [6.07, 6.45) is 0. The number of halogens is 1. The summed E-state index contributed by atoms with van der Waals surface area (Å²) in [6, 6.07) is 10.5. The molecule has 0 saturated carbocycles. The average Bonchev–Trinajstić information content (AvgIpc) is 2.52. The Hall–Kier alpha value is -3.09. The molecule has 0 heterocycles. The van der Waals surface area contributed by atoms with E-state index in [1.54, 1.807) is 0 Å². The molecule has 7 heteroatoms. The van der Waals surface area contributed by atoms with Gasteiger partial charge in [-0.05, 0) is 18.2 Å². The predicted molar refractivity (Wildman–Crippen MR) is 74.1 cm³/mol. The van der Waals surface area contributed by atoms with Gasteiger partial charge in [-0.3, -0.25) is 14.9 Å². The molecule has 0 aromatic heterocycles. The number of ether oxygens (including phenoxy) is 1. The highest BCUT2D eigenvalue weighted by atomic mass is 19.1. The van der Waals surface area contributed by atoms with Crippen LogP contribution in [-0.4, -0.2) is 23.3 Å². The molecule has 0 amide bonds. The molecule has 0 radical (unpaired) electrons. The molecule has 0 saturated heterocycles. The Labute approximate surface area is 124 Å². The molecule has 2 aromatic carbocycles. The van der Waals surface area contributed by atoms with Crippen LogP contribution >= 0.6 is 0 Å². The maximum absolute atomic E-state index is 13.4. The van der Waals surface area contributed by atoms with Crippen molar-refractivity contribution in [3.05, 3.63) is 75.6 Å². The smallest absolute Gasteiger partial charge is 0.345 e. The number of esters is 1. The summed E-state index contributed by atoms with van der Waals surface area (Å²) < 4.78 is 18.1. The van der Waals surface area contributed by atoms with Crippen LogP contribution in [0.4, 0.5) is 10.1 Å². The van der Waals surface area contributed by atoms with Gasteiger partial charge in [0.15, 0.2) is 6.61 Å². The molecule has 2 aromatic rings. The highest BCUT2D eigenvalue weighted by molar-refractivity contribution is 6.00. The second-order valence-electron chi connectivity index (χ2n) is 4.25. The number of nitrogens with zero attached hydrogens (tertiary/aromatic N) is 1. The summed E-state index contributed by atoms with van der Waals surface area (Å²) in [6.45, 7) is -0.703. The summed E-state index contributed by atoms with van der Waals surface area (Å²) in [4.78, 5) is 33.7. The van der Waals surface area contributed by atoms with Crippen LogP contribution in [0.25, 0.3) is 0 Å². The van der Waals surface area contributed by atoms with E-state index in [-0.39, 0.29) is 11.1 Å². The topological polar surface area (TPSA) is 86.5 Å². The molecular formula is C15H10FNO5. The number of benzene rings is 2. The third-order valence-corrected chi connectivity index (χ3v) is 2.83. The molecule has 22 heavy (non-hydrogen) atoms. The molecule has 2 rings (SSSR count). The highest BCUT2D eigenvalue weighted by Gasteiger charge is 2.22. The third kappa shape index (κ3) is 3.32. The molecule has 0 fully saturated rings. The second kappa shape index (κ2) is 6.57. The molecular weight excluding hydrogens is 293 g/mol. The lowest BCUT2D eigenvalue weighted by Gasteiger charge is -2.05. The average molecular weight is 303 g/mol. The zero-order valence-electron chi connectivity index (χ0n) is 11.2. The minimum Gasteiger partial charge on any atom is -0.454 e. The fraction of sp³-hybridized carbons (Fsp3) is 0.0667. The van der Waals surface area contributed by atoms with Crippen molar-refractivity contribution in [2.24, 2.45) is 0 Å². The zero-order valence-corrected chi connectivity index (χ0v) is 11.2. The quantitative estimate of drug-likeness (QED) is 0.367. The predicted octanol–water partition coefficient (Wildman–Crippen LogP) is 2.77. The normalized spacial score (nSPS) is 10.0. The van der Waals surface area contributed by atoms with Gasteiger partial charge < -0.3 is 4.74 Å². The van der Waals surface area contributed by atoms with Crippen LogP contribution < -0.4 is 0 Å². The zero-order chi connectivity index (χ0) is 16.1. The Morgan fingerprint density at radius 3 is 2.27 bits per heavy atom. The minimum absolute atomic E-state index is 0.210. The Morgan fingerprint density at radius 2 is 1.64 bits per heavy atom. The molecule has 0 aliphatic carbocycles. The number of rotatable bonds is 5. The lowest BCUT2D eigenvalue weighted by atomic mass is 10.1. The first-order valence-corrected chi connectivity index (χ1v) is 6.19. The van der Waals surface area contributed by atoms with Gasteiger partial charge in [-0.15, -0.1) is 0 Å². The first-order chi connectivity index (χ1) is 10.5. The molecule has 6 nitrogen and oxygen atoms in total. The van der Waals surface area contributed by atoms with E-state index < -0.39 is 34.8 Å². The van der Waals surface area contributed by atoms with Crippen molar-refractivity contribution >= 4 is 17.4 Å². The van der Waals surface area contributed by atoms with E-state index in [9.17, 15) is 24.1 Å². The van der Waals surface area contributed by atoms with Crippen LogP contribution in [0.2, 0.25) is 0 Å². The van der Waals surface area contributed by atoms with Crippen LogP contribution in [0.1, 0.15) is 20.7 Å². The number of para-hydroxylation sites is 1. The molecule has 112 valence electrons. The van der Waals surface area contributed by atoms with Gasteiger partial charge in [0.25, 0.3) is 5.69 Å². The number of nitro groups is 1. The van der Waals surface area contributed by atoms with E-state index >= 15 is 0 Å². The number of carbonyl (C=O) groups excluding carboxylic acids is 2. The molecule has 0 bridgehead atoms. The molecule has 0 atom stereocenters. The number of carbonyl (C=O) groups is 2. The number of nitro benzene ring substituents is 1. The van der Waals surface area contributed by atoms with E-state index in [0.717, 1.165) is 12.1 Å². The Morgan fingerprint density at radius 1 is 1.05 bits per heavy atom. The molecule has 0 aliphatic rings. The summed E-state index contributed by atoms with van der Waals surface area (Å²) in [5, 5.41) is 10.8. The van der Waals surface area contributed by atoms with Crippen LogP contribution in [0.3, 0.4) is 0 Å². The summed E-state index contributed by atoms with van der Waals surface area (Å²) in [5.74, 6) is -2.48. The van der Waals surface area contributed by atoms with E-state index in [1.807, 2.05) is 0 Å². The van der Waals surface area contributed by atoms with E-state index in [2.05, 4.69) is 0 Å². The Kier molecular flexibility index (Phi) is 4.57. The van der Waals surface area contributed by atoms with Crippen molar-refractivity contribution in [3.63, 3.8) is 0 Å². The number of ketones is 1. The van der Waals surface area contributed by atoms with Gasteiger partial charge in [-0.2, -0.15) is 0 Å². The van der Waals surface area contributed by atoms with Gasteiger partial charge in [0.05, 0.1) is 10.5 Å². The van der Waals surface area contributed by atoms with E-state index in [4.69, 9.17) is 4.74 Å². The van der Waals surface area contributed by atoms with Gasteiger partial charge in [0.2, 0.25) is 5.78 Å². The first-order valence-electron chi connectivity index (χ1n) is 6.19. The summed E-state index contributed by atoms with van der Waals surface area (Å²) in [7, 11) is 0. The minimum atomic E-state index is -1.02. The van der Waals surface area contributed by atoms with E-state index in [1.165, 1.54) is 36.4 Å². The molecule has 0 unspecified atom stereocenters. The van der Waals surface area contributed by atoms with Crippen molar-refractivity contribution in [3.8, 4) is 0 Å². The third-order valence-electron chi connectivity index (χ3n) is 2.83. The van der Waals surface area contributed by atoms with Gasteiger partial charge in [0, 0.05) is 6.07 Å². The fourth-order valence-electron chi connectivity index (χ4n) is 1.78. The molecule has 0 N–H and O–H groups in total. The summed E-state index contributed by atoms with van der Waals surface area (Å²) >= 11 is 0. The molecule has 0 aliphatic heterocycles. The number of hydrogen-bond donors (Lipinski definition) is 0. The van der Waals surface area contributed by atoms with Crippen molar-refractivity contribution in [1.82, 2.24) is 0 Å². The molecule has 0 spiro atoms. The van der Waals surface area contributed by atoms with Gasteiger partial charge >= 0.3 is 5.97 Å². The van der Waals surface area contributed by atoms with Crippen molar-refractivity contribution < 1.29 is 23.6 Å². The number of hydrogen-bond acceptors (Lipinski definition) is 5. The van der Waals surface area contributed by atoms with Crippen molar-refractivity contribution in [2.75, 3.05) is 6.61 Å². The monoisotopic (exact) mass is 303 g/mol. The van der Waals surface area contributed by atoms with Gasteiger partial charge in [0.1, 0.15) is 11.4 Å². The lowest BCUT2D eigenvalue weighted by Crippen LogP contribution is -2.16. The first kappa shape index (κ1) is 15.3. The highest BCUT2D eigenvalue weighted by Crippen LogP contribution is 2.18. The van der Waals surface area contributed by atoms with Crippen molar-refractivity contribution in [1.29, 1.82) is 0 Å². The fourth-order valence-corrected chi connectivity index (χ4v) is 1.78. The SMILES string of the molecule is O=C(COC(=O)c1ccccc1[N+](=O)[O-])c1ccccc1F. The summed E-state index contributed by atoms with van der Waals surface area (Å²) in [5.41, 5.74) is -0.905. The standard InChI is InChI=1S/C15H10FNO5/c16-12-7-3-1-5-10(12)14(18)9-22-15(19)11-6-2-4-8-13(11)17(20)21/h1-8H,9H2. The van der Waals surface area contributed by atoms with Gasteiger partial charge in [-0.25, -0.2) is 9.18 Å². The second-order valence-corrected chi connectivity index (χ2v) is 4.25. The number of Topliss-reactive ketones (excluding diaryl/α,β-unsaturated/α-hetero) is 1. The van der Waals surface area contributed by atoms with Gasteiger partial charge in [-0.1, -0.05) is 24.3 Å². The van der Waals surface area contributed by atoms with Crippen LogP contribution in [0.5, 0.6) is 0 Å². The van der Waals surface area contributed by atoms with Crippen LogP contribution in [0, 0.1) is 15.9 Å². The van der Waals surface area contributed by atoms with E-state index in [0.29, 0.717) is 0 Å². The van der Waals surface area contributed by atoms with Crippen LogP contribution in [0.15, 0.2) is 48.5 Å². The maximum atomic E-state index is 13.4. The van der Waals surface area contributed by atoms with Crippen molar-refractivity contribution in [2.45, 2.75) is 0 Å². The van der Waals surface area contributed by atoms with Crippen LogP contribution in [-0.2, 0) is 4.74 Å². The largest absolute Gasteiger partial charge is 0.454 e. The lowest BCUT2D eigenvalue weighted by molar-refractivity contribution is -0.385. The maximum Gasteiger partial charge on any atom is 0.345 e.